The fraction of sp³-hybridized carbons (Fsp3) is 0.647. The van der Waals surface area contributed by atoms with Crippen LogP contribution in [0.4, 0.5) is 0 Å². The third-order valence-corrected chi connectivity index (χ3v) is 4.66. The molecule has 2 atom stereocenters. The molecule has 1 N–H and O–H groups in total. The minimum Gasteiger partial charge on any atom is -0.390 e. The first-order valence-corrected chi connectivity index (χ1v) is 7.89. The predicted molar refractivity (Wildman–Crippen MR) is 80.0 cm³/mol. The van der Waals surface area contributed by atoms with Crippen molar-refractivity contribution in [3.63, 3.8) is 0 Å². The normalized spacial score (nSPS) is 24.6. The van der Waals surface area contributed by atoms with Gasteiger partial charge in [-0.3, -0.25) is 4.90 Å². The molecule has 1 aromatic carbocycles. The zero-order valence-electron chi connectivity index (χ0n) is 12.3. The van der Waals surface area contributed by atoms with Crippen molar-refractivity contribution in [2.75, 3.05) is 26.2 Å². The van der Waals surface area contributed by atoms with Gasteiger partial charge in [0.25, 0.3) is 0 Å². The Hall–Kier alpha value is -0.900. The largest absolute Gasteiger partial charge is 0.390 e. The Morgan fingerprint density at radius 2 is 2.20 bits per heavy atom. The van der Waals surface area contributed by atoms with Crippen molar-refractivity contribution in [2.45, 2.75) is 44.8 Å². The predicted octanol–water partition coefficient (Wildman–Crippen LogP) is 1.80. The van der Waals surface area contributed by atoms with Crippen LogP contribution in [0.5, 0.6) is 0 Å². The number of hydrogen-bond acceptors (Lipinski definition) is 3. The van der Waals surface area contributed by atoms with E-state index in [9.17, 15) is 5.11 Å². The maximum Gasteiger partial charge on any atom is 0.0964 e. The zero-order chi connectivity index (χ0) is 13.9. The van der Waals surface area contributed by atoms with Gasteiger partial charge in [0.15, 0.2) is 0 Å². The van der Waals surface area contributed by atoms with Crippen LogP contribution in [0.3, 0.4) is 0 Å². The van der Waals surface area contributed by atoms with E-state index in [0.717, 1.165) is 26.2 Å². The highest BCUT2D eigenvalue weighted by atomic mass is 16.5. The number of aliphatic hydroxyl groups excluding tert-OH is 1. The van der Waals surface area contributed by atoms with Crippen LogP contribution in [0.1, 0.15) is 30.0 Å². The molecule has 3 rings (SSSR count). The van der Waals surface area contributed by atoms with Gasteiger partial charge in [0.05, 0.1) is 18.8 Å². The monoisotopic (exact) mass is 275 g/mol. The molecule has 3 nitrogen and oxygen atoms in total. The highest BCUT2D eigenvalue weighted by Gasteiger charge is 2.26. The minimum atomic E-state index is -0.399. The molecule has 0 saturated carbocycles. The molecule has 0 spiro atoms. The van der Waals surface area contributed by atoms with Gasteiger partial charge in [-0.15, -0.1) is 0 Å². The maximum absolute atomic E-state index is 10.4. The van der Waals surface area contributed by atoms with Crippen molar-refractivity contribution in [3.05, 3.63) is 34.9 Å². The van der Waals surface area contributed by atoms with E-state index in [1.165, 1.54) is 36.0 Å². The van der Waals surface area contributed by atoms with Crippen LogP contribution in [-0.2, 0) is 24.0 Å². The molecule has 0 bridgehead atoms. The maximum atomic E-state index is 10.4. The summed E-state index contributed by atoms with van der Waals surface area (Å²) in [6.45, 7) is 5.77. The molecule has 20 heavy (non-hydrogen) atoms. The lowest BCUT2D eigenvalue weighted by atomic mass is 9.99. The number of benzene rings is 1. The highest BCUT2D eigenvalue weighted by molar-refractivity contribution is 5.35. The van der Waals surface area contributed by atoms with E-state index in [1.54, 1.807) is 0 Å². The second-order valence-electron chi connectivity index (χ2n) is 6.03. The molecule has 1 saturated heterocycles. The number of rotatable bonds is 4. The topological polar surface area (TPSA) is 32.7 Å². The highest BCUT2D eigenvalue weighted by Crippen LogP contribution is 2.24. The Morgan fingerprint density at radius 3 is 3.05 bits per heavy atom. The summed E-state index contributed by atoms with van der Waals surface area (Å²) < 4.78 is 5.74. The van der Waals surface area contributed by atoms with E-state index in [4.69, 9.17) is 4.74 Å². The van der Waals surface area contributed by atoms with Gasteiger partial charge in [0, 0.05) is 19.5 Å². The molecule has 3 heteroatoms. The number of ether oxygens (including phenoxy) is 1. The molecule has 1 aromatic rings. The summed E-state index contributed by atoms with van der Waals surface area (Å²) in [4.78, 5) is 2.35. The molecule has 1 aliphatic carbocycles. The summed E-state index contributed by atoms with van der Waals surface area (Å²) in [5.74, 6) is 0. The Balaban J connectivity index is 1.62. The van der Waals surface area contributed by atoms with E-state index in [2.05, 4.69) is 30.0 Å². The molecular weight excluding hydrogens is 250 g/mol. The Bertz CT molecular complexity index is 460. The third-order valence-electron chi connectivity index (χ3n) is 4.66. The number of fused-ring (bicyclic) bond motifs is 1. The van der Waals surface area contributed by atoms with Crippen molar-refractivity contribution in [2.24, 2.45) is 0 Å². The lowest BCUT2D eigenvalue weighted by molar-refractivity contribution is -0.0867. The van der Waals surface area contributed by atoms with Crippen LogP contribution in [-0.4, -0.2) is 48.5 Å². The second kappa shape index (κ2) is 6.25. The van der Waals surface area contributed by atoms with E-state index in [1.807, 2.05) is 0 Å². The van der Waals surface area contributed by atoms with Crippen LogP contribution in [0.15, 0.2) is 18.2 Å². The summed E-state index contributed by atoms with van der Waals surface area (Å²) >= 11 is 0. The zero-order valence-corrected chi connectivity index (χ0v) is 12.3. The number of aryl methyl sites for hydroxylation is 2. The first kappa shape index (κ1) is 14.1. The lowest BCUT2D eigenvalue weighted by Crippen LogP contribution is -2.48. The van der Waals surface area contributed by atoms with E-state index in [-0.39, 0.29) is 6.10 Å². The third kappa shape index (κ3) is 3.05. The van der Waals surface area contributed by atoms with Gasteiger partial charge in [0.1, 0.15) is 0 Å². The smallest absolute Gasteiger partial charge is 0.0964 e. The molecular formula is C17H25NO2. The molecule has 1 heterocycles. The molecule has 2 unspecified atom stereocenters. The van der Waals surface area contributed by atoms with Crippen molar-refractivity contribution < 1.29 is 9.84 Å². The minimum absolute atomic E-state index is 0.0445. The summed E-state index contributed by atoms with van der Waals surface area (Å²) in [6, 6.07) is 6.70. The van der Waals surface area contributed by atoms with E-state index < -0.39 is 6.10 Å². The molecule has 0 radical (unpaired) electrons. The van der Waals surface area contributed by atoms with Crippen molar-refractivity contribution >= 4 is 0 Å². The Morgan fingerprint density at radius 1 is 1.35 bits per heavy atom. The standard InChI is InChI=1S/C17H25NO2/c1-2-18-8-9-20-17(12-18)16(19)11-13-6-7-14-4-3-5-15(14)10-13/h6-7,10,16-17,19H,2-5,8-9,11-12H2,1H3. The first-order valence-electron chi connectivity index (χ1n) is 7.89. The number of nitrogens with zero attached hydrogens (tertiary/aromatic N) is 1. The van der Waals surface area contributed by atoms with Crippen LogP contribution in [0.25, 0.3) is 0 Å². The fourth-order valence-electron chi connectivity index (χ4n) is 3.38. The summed E-state index contributed by atoms with van der Waals surface area (Å²) in [5, 5.41) is 10.4. The quantitative estimate of drug-likeness (QED) is 0.909. The van der Waals surface area contributed by atoms with Gasteiger partial charge >= 0.3 is 0 Å². The van der Waals surface area contributed by atoms with Crippen LogP contribution in [0, 0.1) is 0 Å². The SMILES string of the molecule is CCN1CCOC(C(O)Cc2ccc3c(c2)CCC3)C1. The van der Waals surface area contributed by atoms with Crippen molar-refractivity contribution in [1.82, 2.24) is 4.90 Å². The molecule has 1 fully saturated rings. The second-order valence-corrected chi connectivity index (χ2v) is 6.03. The van der Waals surface area contributed by atoms with Gasteiger partial charge in [-0.2, -0.15) is 0 Å². The van der Waals surface area contributed by atoms with Gasteiger partial charge in [0.2, 0.25) is 0 Å². The average molecular weight is 275 g/mol. The van der Waals surface area contributed by atoms with Gasteiger partial charge in [-0.25, -0.2) is 0 Å². The number of hydrogen-bond donors (Lipinski definition) is 1. The van der Waals surface area contributed by atoms with Crippen molar-refractivity contribution in [3.8, 4) is 0 Å². The summed E-state index contributed by atoms with van der Waals surface area (Å²) in [6.07, 6.45) is 3.95. The molecule has 110 valence electrons. The van der Waals surface area contributed by atoms with Gasteiger partial charge in [-0.05, 0) is 42.5 Å². The fourth-order valence-corrected chi connectivity index (χ4v) is 3.38. The van der Waals surface area contributed by atoms with Crippen LogP contribution < -0.4 is 0 Å². The van der Waals surface area contributed by atoms with Crippen LogP contribution in [0.2, 0.25) is 0 Å². The molecule has 0 aromatic heterocycles. The average Bonchev–Trinajstić information content (AvgIpc) is 2.95. The Kier molecular flexibility index (Phi) is 4.39. The number of morpholine rings is 1. The lowest BCUT2D eigenvalue weighted by Gasteiger charge is -2.34. The summed E-state index contributed by atoms with van der Waals surface area (Å²) in [7, 11) is 0. The molecule has 2 aliphatic rings. The molecule has 0 amide bonds. The first-order chi connectivity index (χ1) is 9.76. The van der Waals surface area contributed by atoms with E-state index >= 15 is 0 Å². The Labute approximate surface area is 121 Å². The van der Waals surface area contributed by atoms with E-state index in [0.29, 0.717) is 6.42 Å². The number of aliphatic hydroxyl groups is 1. The van der Waals surface area contributed by atoms with Gasteiger partial charge in [-0.1, -0.05) is 25.1 Å². The number of likely N-dealkylation sites (N-methyl/N-ethyl adjacent to an activating group) is 1. The molecule has 1 aliphatic heterocycles. The van der Waals surface area contributed by atoms with Crippen molar-refractivity contribution in [1.29, 1.82) is 0 Å². The van der Waals surface area contributed by atoms with Gasteiger partial charge < -0.3 is 9.84 Å². The summed E-state index contributed by atoms with van der Waals surface area (Å²) in [5.41, 5.74) is 4.22. The van der Waals surface area contributed by atoms with Crippen LogP contribution >= 0.6 is 0 Å².